The van der Waals surface area contributed by atoms with E-state index in [4.69, 9.17) is 0 Å². The summed E-state index contributed by atoms with van der Waals surface area (Å²) in [6, 6.07) is 10.7. The molecular weight excluding hydrogens is 286 g/mol. The van der Waals surface area contributed by atoms with Crippen molar-refractivity contribution in [3.05, 3.63) is 35.9 Å². The zero-order valence-electron chi connectivity index (χ0n) is 15.3. The Kier molecular flexibility index (Phi) is 8.28. The van der Waals surface area contributed by atoms with Gasteiger partial charge in [0, 0.05) is 30.6 Å². The average Bonchev–Trinajstić information content (AvgIpc) is 2.59. The summed E-state index contributed by atoms with van der Waals surface area (Å²) in [7, 11) is 1.87. The summed E-state index contributed by atoms with van der Waals surface area (Å²) in [4.78, 5) is 12.2. The van der Waals surface area contributed by atoms with E-state index in [9.17, 15) is 4.79 Å². The van der Waals surface area contributed by atoms with Gasteiger partial charge in [-0.2, -0.15) is 0 Å². The van der Waals surface area contributed by atoms with Gasteiger partial charge in [-0.3, -0.25) is 4.79 Å². The SMILES string of the molecule is CCC(CC)(CNC(=O)C(C)CNC)NC(C)c1ccccc1. The number of carbonyl (C=O) groups is 1. The van der Waals surface area contributed by atoms with Crippen molar-refractivity contribution in [1.82, 2.24) is 16.0 Å². The summed E-state index contributed by atoms with van der Waals surface area (Å²) >= 11 is 0. The minimum Gasteiger partial charge on any atom is -0.354 e. The highest BCUT2D eigenvalue weighted by molar-refractivity contribution is 5.78. The summed E-state index contributed by atoms with van der Waals surface area (Å²) in [5, 5.41) is 9.92. The van der Waals surface area contributed by atoms with Gasteiger partial charge < -0.3 is 16.0 Å². The zero-order valence-corrected chi connectivity index (χ0v) is 15.3. The monoisotopic (exact) mass is 319 g/mol. The zero-order chi connectivity index (χ0) is 17.3. The van der Waals surface area contributed by atoms with Crippen LogP contribution in [0.15, 0.2) is 30.3 Å². The minimum absolute atomic E-state index is 0.0158. The molecule has 3 N–H and O–H groups in total. The van der Waals surface area contributed by atoms with Crippen LogP contribution in [-0.2, 0) is 4.79 Å². The van der Waals surface area contributed by atoms with Gasteiger partial charge in [-0.05, 0) is 32.4 Å². The van der Waals surface area contributed by atoms with Crippen LogP contribution in [0.2, 0.25) is 0 Å². The molecule has 23 heavy (non-hydrogen) atoms. The highest BCUT2D eigenvalue weighted by atomic mass is 16.1. The standard InChI is InChI=1S/C19H33N3O/c1-6-19(7-2,14-21-18(23)15(3)13-20-5)22-16(4)17-11-9-8-10-12-17/h8-12,15-16,20,22H,6-7,13-14H2,1-5H3,(H,21,23). The maximum absolute atomic E-state index is 12.2. The van der Waals surface area contributed by atoms with Crippen molar-refractivity contribution in [3.63, 3.8) is 0 Å². The molecule has 0 aliphatic rings. The summed E-state index contributed by atoms with van der Waals surface area (Å²) in [6.45, 7) is 9.84. The molecule has 2 atom stereocenters. The summed E-state index contributed by atoms with van der Waals surface area (Å²) < 4.78 is 0. The molecule has 0 fully saturated rings. The molecule has 0 aliphatic carbocycles. The second kappa shape index (κ2) is 9.68. The highest BCUT2D eigenvalue weighted by Crippen LogP contribution is 2.21. The molecule has 0 aliphatic heterocycles. The molecule has 2 unspecified atom stereocenters. The predicted molar refractivity (Wildman–Crippen MR) is 97.4 cm³/mol. The summed E-state index contributed by atoms with van der Waals surface area (Å²) in [6.07, 6.45) is 1.95. The third-order valence-electron chi connectivity index (χ3n) is 4.73. The molecule has 0 saturated carbocycles. The number of amides is 1. The number of benzene rings is 1. The van der Waals surface area contributed by atoms with Gasteiger partial charge in [0.1, 0.15) is 0 Å². The van der Waals surface area contributed by atoms with Crippen LogP contribution in [0.25, 0.3) is 0 Å². The van der Waals surface area contributed by atoms with E-state index in [0.717, 1.165) is 12.8 Å². The predicted octanol–water partition coefficient (Wildman–Crippen LogP) is 2.87. The van der Waals surface area contributed by atoms with Crippen molar-refractivity contribution in [1.29, 1.82) is 0 Å². The van der Waals surface area contributed by atoms with Crippen LogP contribution >= 0.6 is 0 Å². The van der Waals surface area contributed by atoms with Gasteiger partial charge in [0.15, 0.2) is 0 Å². The van der Waals surface area contributed by atoms with Gasteiger partial charge >= 0.3 is 0 Å². The van der Waals surface area contributed by atoms with Crippen LogP contribution in [0.4, 0.5) is 0 Å². The Balaban J connectivity index is 2.69. The van der Waals surface area contributed by atoms with Gasteiger partial charge in [0.05, 0.1) is 0 Å². The van der Waals surface area contributed by atoms with Crippen molar-refractivity contribution in [3.8, 4) is 0 Å². The molecule has 1 aromatic carbocycles. The van der Waals surface area contributed by atoms with Crippen molar-refractivity contribution >= 4 is 5.91 Å². The van der Waals surface area contributed by atoms with E-state index in [-0.39, 0.29) is 23.4 Å². The Morgan fingerprint density at radius 2 is 1.74 bits per heavy atom. The number of rotatable bonds is 10. The molecule has 0 bridgehead atoms. The van der Waals surface area contributed by atoms with Gasteiger partial charge in [-0.25, -0.2) is 0 Å². The largest absolute Gasteiger partial charge is 0.354 e. The third-order valence-corrected chi connectivity index (χ3v) is 4.73. The van der Waals surface area contributed by atoms with E-state index >= 15 is 0 Å². The third kappa shape index (κ3) is 5.96. The minimum atomic E-state index is -0.0791. The lowest BCUT2D eigenvalue weighted by Crippen LogP contribution is -2.54. The molecule has 130 valence electrons. The molecule has 1 amide bonds. The molecule has 1 rings (SSSR count). The number of hydrogen-bond donors (Lipinski definition) is 3. The lowest BCUT2D eigenvalue weighted by atomic mass is 9.90. The molecule has 0 radical (unpaired) electrons. The molecule has 0 heterocycles. The smallest absolute Gasteiger partial charge is 0.224 e. The lowest BCUT2D eigenvalue weighted by molar-refractivity contribution is -0.124. The Labute approximate surface area is 141 Å². The fraction of sp³-hybridized carbons (Fsp3) is 0.632. The van der Waals surface area contributed by atoms with Crippen molar-refractivity contribution < 1.29 is 4.79 Å². The van der Waals surface area contributed by atoms with Crippen LogP contribution in [0.1, 0.15) is 52.1 Å². The van der Waals surface area contributed by atoms with Gasteiger partial charge in [0.25, 0.3) is 0 Å². The van der Waals surface area contributed by atoms with Crippen LogP contribution < -0.4 is 16.0 Å². The van der Waals surface area contributed by atoms with Crippen LogP contribution in [0.5, 0.6) is 0 Å². The van der Waals surface area contributed by atoms with Crippen molar-refractivity contribution in [2.24, 2.45) is 5.92 Å². The average molecular weight is 319 g/mol. The fourth-order valence-corrected chi connectivity index (χ4v) is 2.87. The van der Waals surface area contributed by atoms with E-state index in [1.807, 2.05) is 20.0 Å². The van der Waals surface area contributed by atoms with Gasteiger partial charge in [0.2, 0.25) is 5.91 Å². The molecule has 4 heteroatoms. The molecule has 0 spiro atoms. The number of nitrogens with one attached hydrogen (secondary N) is 3. The van der Waals surface area contributed by atoms with E-state index in [1.54, 1.807) is 0 Å². The highest BCUT2D eigenvalue weighted by Gasteiger charge is 2.29. The number of carbonyl (C=O) groups excluding carboxylic acids is 1. The molecule has 0 saturated heterocycles. The van der Waals surface area contributed by atoms with E-state index in [1.165, 1.54) is 5.56 Å². The van der Waals surface area contributed by atoms with Crippen LogP contribution in [0.3, 0.4) is 0 Å². The second-order valence-electron chi connectivity index (χ2n) is 6.44. The van der Waals surface area contributed by atoms with Crippen molar-refractivity contribution in [2.45, 2.75) is 52.1 Å². The molecule has 1 aromatic rings. The summed E-state index contributed by atoms with van der Waals surface area (Å²) in [5.41, 5.74) is 1.19. The first-order valence-corrected chi connectivity index (χ1v) is 8.73. The molecule has 0 aromatic heterocycles. The Morgan fingerprint density at radius 3 is 2.26 bits per heavy atom. The second-order valence-corrected chi connectivity index (χ2v) is 6.44. The lowest BCUT2D eigenvalue weighted by Gasteiger charge is -2.36. The van der Waals surface area contributed by atoms with Crippen LogP contribution in [-0.4, -0.2) is 31.6 Å². The summed E-state index contributed by atoms with van der Waals surface area (Å²) in [5.74, 6) is 0.0951. The first-order valence-electron chi connectivity index (χ1n) is 8.73. The van der Waals surface area contributed by atoms with Gasteiger partial charge in [-0.15, -0.1) is 0 Å². The Hall–Kier alpha value is -1.39. The number of hydrogen-bond acceptors (Lipinski definition) is 3. The maximum atomic E-state index is 12.2. The van der Waals surface area contributed by atoms with Crippen molar-refractivity contribution in [2.75, 3.05) is 20.1 Å². The first-order chi connectivity index (χ1) is 11.0. The molecule has 4 nitrogen and oxygen atoms in total. The van der Waals surface area contributed by atoms with E-state index in [2.05, 4.69) is 61.0 Å². The fourth-order valence-electron chi connectivity index (χ4n) is 2.87. The van der Waals surface area contributed by atoms with E-state index in [0.29, 0.717) is 13.1 Å². The van der Waals surface area contributed by atoms with Crippen LogP contribution in [0, 0.1) is 5.92 Å². The molecular formula is C19H33N3O. The Bertz CT molecular complexity index is 457. The normalized spacial score (nSPS) is 14.3. The quantitative estimate of drug-likeness (QED) is 0.621. The van der Waals surface area contributed by atoms with E-state index < -0.39 is 0 Å². The topological polar surface area (TPSA) is 53.2 Å². The Morgan fingerprint density at radius 1 is 1.13 bits per heavy atom. The van der Waals surface area contributed by atoms with Gasteiger partial charge in [-0.1, -0.05) is 51.1 Å². The maximum Gasteiger partial charge on any atom is 0.224 e. The first kappa shape index (κ1) is 19.7.